The maximum atomic E-state index is 13.4. The smallest absolute Gasteiger partial charge is 0.399 e. The molecule has 2 heterocycles. The molecule has 1 amide bonds. The van der Waals surface area contributed by atoms with Gasteiger partial charge < -0.3 is 10.6 Å². The number of hydrogen-bond acceptors (Lipinski definition) is 6. The highest BCUT2D eigenvalue weighted by molar-refractivity contribution is 6.34. The molecule has 1 aromatic heterocycles. The topological polar surface area (TPSA) is 101 Å². The first-order valence-corrected chi connectivity index (χ1v) is 9.50. The van der Waals surface area contributed by atoms with Gasteiger partial charge in [0.05, 0.1) is 45.5 Å². The lowest BCUT2D eigenvalue weighted by atomic mass is 10.0. The van der Waals surface area contributed by atoms with Crippen LogP contribution in [0.2, 0.25) is 5.02 Å². The predicted molar refractivity (Wildman–Crippen MR) is 106 cm³/mol. The minimum absolute atomic E-state index is 0.0183. The first kappa shape index (κ1) is 22.8. The second kappa shape index (κ2) is 8.31. The molecule has 12 heteroatoms. The fourth-order valence-corrected chi connectivity index (χ4v) is 3.57. The van der Waals surface area contributed by atoms with Gasteiger partial charge in [-0.05, 0) is 26.0 Å². The number of rotatable bonds is 3. The van der Waals surface area contributed by atoms with E-state index >= 15 is 0 Å². The number of nitrogens with zero attached hydrogens (tertiary/aromatic N) is 4. The van der Waals surface area contributed by atoms with Gasteiger partial charge >= 0.3 is 6.18 Å². The van der Waals surface area contributed by atoms with Gasteiger partial charge in [0.1, 0.15) is 0 Å². The molecule has 0 saturated carbocycles. The second-order valence-electron chi connectivity index (χ2n) is 6.96. The summed E-state index contributed by atoms with van der Waals surface area (Å²) in [5, 5.41) is 0.438. The Kier molecular flexibility index (Phi) is 6.10. The van der Waals surface area contributed by atoms with Crippen LogP contribution in [-0.4, -0.2) is 33.4 Å². The molecule has 3 rings (SSSR count). The molecule has 1 unspecified atom stereocenters. The van der Waals surface area contributed by atoms with Crippen molar-refractivity contribution in [3.8, 4) is 0 Å². The molecule has 1 atom stereocenters. The Morgan fingerprint density at radius 2 is 2.03 bits per heavy atom. The summed E-state index contributed by atoms with van der Waals surface area (Å²) in [6, 6.07) is 2.46. The number of amides is 1. The van der Waals surface area contributed by atoms with Crippen molar-refractivity contribution < 1.29 is 22.4 Å². The van der Waals surface area contributed by atoms with Gasteiger partial charge in [-0.15, -0.1) is 0 Å². The number of aryl methyl sites for hydroxylation is 1. The quantitative estimate of drug-likeness (QED) is 0.415. The summed E-state index contributed by atoms with van der Waals surface area (Å²) in [7, 11) is 0. The van der Waals surface area contributed by atoms with Crippen molar-refractivity contribution in [3.63, 3.8) is 0 Å². The average Bonchev–Trinajstić information content (AvgIpc) is 2.70. The molecule has 0 bridgehead atoms. The molecule has 4 N–H and O–H groups in total. The van der Waals surface area contributed by atoms with Crippen molar-refractivity contribution in [2.24, 2.45) is 11.6 Å². The summed E-state index contributed by atoms with van der Waals surface area (Å²) in [5.74, 6) is 4.80. The normalized spacial score (nSPS) is 17.2. The number of alkyl halides is 3. The van der Waals surface area contributed by atoms with E-state index in [1.807, 2.05) is 0 Å². The minimum Gasteiger partial charge on any atom is -0.399 e. The van der Waals surface area contributed by atoms with Crippen LogP contribution >= 0.6 is 11.6 Å². The number of halogens is 5. The molecule has 7 nitrogen and oxygen atoms in total. The van der Waals surface area contributed by atoms with Gasteiger partial charge in [0, 0.05) is 13.0 Å². The van der Waals surface area contributed by atoms with Crippen LogP contribution in [0, 0.1) is 12.7 Å². The molecule has 31 heavy (non-hydrogen) atoms. The fourth-order valence-electron chi connectivity index (χ4n) is 3.26. The summed E-state index contributed by atoms with van der Waals surface area (Å²) >= 11 is 5.89. The van der Waals surface area contributed by atoms with Crippen LogP contribution in [0.3, 0.4) is 0 Å². The summed E-state index contributed by atoms with van der Waals surface area (Å²) in [4.78, 5) is 22.1. The highest BCUT2D eigenvalue weighted by Gasteiger charge is 2.37. The Labute approximate surface area is 180 Å². The molecule has 0 spiro atoms. The van der Waals surface area contributed by atoms with Crippen LogP contribution in [0.4, 0.5) is 23.5 Å². The highest BCUT2D eigenvalue weighted by Crippen LogP contribution is 2.37. The van der Waals surface area contributed by atoms with E-state index in [0.29, 0.717) is 5.70 Å². The molecule has 1 aliphatic heterocycles. The molecular formula is C19H19ClF4N6O. The SMILES string of the molecule is Cc1nc(N(N)C2=C(N)C(C)N(C(=O)c3cccc(C(F)(F)F)c3Cl)CC2)ncc1F. The Morgan fingerprint density at radius 3 is 2.65 bits per heavy atom. The van der Waals surface area contributed by atoms with Gasteiger partial charge in [-0.25, -0.2) is 25.2 Å². The third-order valence-electron chi connectivity index (χ3n) is 5.05. The third kappa shape index (κ3) is 4.28. The van der Waals surface area contributed by atoms with E-state index in [9.17, 15) is 22.4 Å². The van der Waals surface area contributed by atoms with Crippen LogP contribution in [0.1, 0.15) is 35.0 Å². The van der Waals surface area contributed by atoms with Crippen LogP contribution in [0.5, 0.6) is 0 Å². The molecule has 0 aliphatic carbocycles. The molecule has 166 valence electrons. The summed E-state index contributed by atoms with van der Waals surface area (Å²) in [6.07, 6.45) is -3.54. The van der Waals surface area contributed by atoms with Crippen LogP contribution in [0.25, 0.3) is 0 Å². The number of carbonyl (C=O) groups is 1. The van der Waals surface area contributed by atoms with Crippen molar-refractivity contribution in [1.82, 2.24) is 14.9 Å². The summed E-state index contributed by atoms with van der Waals surface area (Å²) < 4.78 is 52.8. The number of hydrazine groups is 1. The molecule has 1 aromatic carbocycles. The molecule has 0 radical (unpaired) electrons. The number of anilines is 1. The monoisotopic (exact) mass is 458 g/mol. The highest BCUT2D eigenvalue weighted by atomic mass is 35.5. The van der Waals surface area contributed by atoms with E-state index in [-0.39, 0.29) is 35.9 Å². The number of benzene rings is 1. The third-order valence-corrected chi connectivity index (χ3v) is 5.46. The van der Waals surface area contributed by atoms with E-state index in [4.69, 9.17) is 23.2 Å². The zero-order valence-corrected chi connectivity index (χ0v) is 17.3. The van der Waals surface area contributed by atoms with Gasteiger partial charge in [-0.2, -0.15) is 13.2 Å². The van der Waals surface area contributed by atoms with Gasteiger partial charge in [0.15, 0.2) is 5.82 Å². The van der Waals surface area contributed by atoms with Crippen LogP contribution < -0.4 is 16.6 Å². The number of hydrogen-bond donors (Lipinski definition) is 2. The van der Waals surface area contributed by atoms with E-state index in [2.05, 4.69) is 9.97 Å². The van der Waals surface area contributed by atoms with Gasteiger partial charge in [-0.1, -0.05) is 17.7 Å². The average molecular weight is 459 g/mol. The molecular weight excluding hydrogens is 440 g/mol. The Hall–Kier alpha value is -2.92. The second-order valence-corrected chi connectivity index (χ2v) is 7.34. The van der Waals surface area contributed by atoms with Crippen LogP contribution in [-0.2, 0) is 6.18 Å². The van der Waals surface area contributed by atoms with Crippen molar-refractivity contribution in [3.05, 3.63) is 63.5 Å². The predicted octanol–water partition coefficient (Wildman–Crippen LogP) is 3.38. The largest absolute Gasteiger partial charge is 0.417 e. The molecule has 0 fully saturated rings. The van der Waals surface area contributed by atoms with Gasteiger partial charge in [0.2, 0.25) is 5.95 Å². The molecule has 2 aromatic rings. The van der Waals surface area contributed by atoms with Crippen LogP contribution in [0.15, 0.2) is 35.8 Å². The maximum absolute atomic E-state index is 13.4. The van der Waals surface area contributed by atoms with E-state index in [1.54, 1.807) is 6.92 Å². The minimum atomic E-state index is -4.69. The fraction of sp³-hybridized carbons (Fsp3) is 0.316. The van der Waals surface area contributed by atoms with E-state index in [0.717, 1.165) is 23.3 Å². The zero-order valence-electron chi connectivity index (χ0n) is 16.5. The Balaban J connectivity index is 1.90. The lowest BCUT2D eigenvalue weighted by molar-refractivity contribution is -0.137. The summed E-state index contributed by atoms with van der Waals surface area (Å²) in [6.45, 7) is 3.17. The van der Waals surface area contributed by atoms with Gasteiger partial charge in [0.25, 0.3) is 5.91 Å². The Morgan fingerprint density at radius 1 is 1.35 bits per heavy atom. The number of nitrogens with two attached hydrogens (primary N) is 2. The number of aromatic nitrogens is 2. The van der Waals surface area contributed by atoms with Gasteiger partial charge in [-0.3, -0.25) is 4.79 Å². The summed E-state index contributed by atoms with van der Waals surface area (Å²) in [5.41, 5.74) is 5.54. The molecule has 0 saturated heterocycles. The lowest BCUT2D eigenvalue weighted by Gasteiger charge is -2.37. The van der Waals surface area contributed by atoms with E-state index < -0.39 is 34.5 Å². The van der Waals surface area contributed by atoms with Crippen molar-refractivity contribution in [1.29, 1.82) is 0 Å². The maximum Gasteiger partial charge on any atom is 0.417 e. The standard InChI is InChI=1S/C19H19ClF4N6O/c1-9-13(21)8-27-18(28-9)30(26)14-6-7-29(10(2)16(14)25)17(31)11-4-3-5-12(15(11)20)19(22,23)24/h3-5,8,10H,6-7,25-26H2,1-2H3. The first-order valence-electron chi connectivity index (χ1n) is 9.12. The Bertz CT molecular complexity index is 1060. The first-order chi connectivity index (χ1) is 14.4. The molecule has 1 aliphatic rings. The lowest BCUT2D eigenvalue weighted by Crippen LogP contribution is -2.49. The van der Waals surface area contributed by atoms with Crippen molar-refractivity contribution in [2.45, 2.75) is 32.5 Å². The van der Waals surface area contributed by atoms with Crippen molar-refractivity contribution in [2.75, 3.05) is 11.6 Å². The number of carbonyl (C=O) groups excluding carboxylic acids is 1. The van der Waals surface area contributed by atoms with E-state index in [1.165, 1.54) is 17.9 Å². The zero-order chi connectivity index (χ0) is 23.1. The van der Waals surface area contributed by atoms with Crippen molar-refractivity contribution >= 4 is 23.5 Å².